The van der Waals surface area contributed by atoms with E-state index < -0.39 is 10.8 Å². The number of hydrogen-bond acceptors (Lipinski definition) is 6. The lowest BCUT2D eigenvalue weighted by Crippen LogP contribution is -2.26. The summed E-state index contributed by atoms with van der Waals surface area (Å²) in [4.78, 5) is 28.4. The Morgan fingerprint density at radius 2 is 1.93 bits per heavy atom. The standard InChI is InChI=1S/C17H12Cl2N4O4/c1-22(17(24)11-4-7-13(19)14(8-11)23(25)26)9-15-20-16(21-27-15)10-2-5-12(18)6-3-10/h2-8H,9H2,1H3. The Morgan fingerprint density at radius 3 is 2.59 bits per heavy atom. The molecule has 2 aromatic carbocycles. The number of nitro groups is 1. The first-order chi connectivity index (χ1) is 12.8. The van der Waals surface area contributed by atoms with E-state index in [9.17, 15) is 14.9 Å². The van der Waals surface area contributed by atoms with Crippen LogP contribution < -0.4 is 0 Å². The second-order valence-corrected chi connectivity index (χ2v) is 6.45. The summed E-state index contributed by atoms with van der Waals surface area (Å²) >= 11 is 11.6. The van der Waals surface area contributed by atoms with Gasteiger partial charge in [-0.2, -0.15) is 4.98 Å². The topological polar surface area (TPSA) is 102 Å². The van der Waals surface area contributed by atoms with Crippen molar-refractivity contribution in [1.82, 2.24) is 15.0 Å². The normalized spacial score (nSPS) is 10.6. The van der Waals surface area contributed by atoms with Crippen LogP contribution in [0.3, 0.4) is 0 Å². The Bertz CT molecular complexity index is 1000. The zero-order valence-electron chi connectivity index (χ0n) is 13.9. The number of carbonyl (C=O) groups is 1. The van der Waals surface area contributed by atoms with E-state index in [0.717, 1.165) is 11.6 Å². The van der Waals surface area contributed by atoms with E-state index in [1.807, 2.05) is 0 Å². The van der Waals surface area contributed by atoms with Crippen LogP contribution in [0.1, 0.15) is 16.2 Å². The molecule has 0 spiro atoms. The summed E-state index contributed by atoms with van der Waals surface area (Å²) in [6.45, 7) is 0.0375. The van der Waals surface area contributed by atoms with E-state index >= 15 is 0 Å². The highest BCUT2D eigenvalue weighted by atomic mass is 35.5. The molecule has 27 heavy (non-hydrogen) atoms. The summed E-state index contributed by atoms with van der Waals surface area (Å²) in [5.74, 6) is 0.143. The lowest BCUT2D eigenvalue weighted by atomic mass is 10.2. The zero-order chi connectivity index (χ0) is 19.6. The second kappa shape index (κ2) is 7.73. The van der Waals surface area contributed by atoms with Crippen LogP contribution in [0, 0.1) is 10.1 Å². The van der Waals surface area contributed by atoms with E-state index in [4.69, 9.17) is 27.7 Å². The molecule has 0 fully saturated rings. The van der Waals surface area contributed by atoms with Crippen LogP contribution in [0.15, 0.2) is 47.0 Å². The van der Waals surface area contributed by atoms with E-state index in [1.54, 1.807) is 24.3 Å². The molecule has 0 unspecified atom stereocenters. The van der Waals surface area contributed by atoms with Crippen molar-refractivity contribution in [2.75, 3.05) is 7.05 Å². The number of nitrogens with zero attached hydrogens (tertiary/aromatic N) is 4. The quantitative estimate of drug-likeness (QED) is 0.464. The van der Waals surface area contributed by atoms with Crippen LogP contribution >= 0.6 is 23.2 Å². The second-order valence-electron chi connectivity index (χ2n) is 5.60. The predicted octanol–water partition coefficient (Wildman–Crippen LogP) is 4.22. The van der Waals surface area contributed by atoms with Gasteiger partial charge in [-0.25, -0.2) is 0 Å². The molecule has 0 atom stereocenters. The Morgan fingerprint density at radius 1 is 1.22 bits per heavy atom. The van der Waals surface area contributed by atoms with Crippen molar-refractivity contribution in [2.45, 2.75) is 6.54 Å². The highest BCUT2D eigenvalue weighted by molar-refractivity contribution is 6.32. The van der Waals surface area contributed by atoms with E-state index in [2.05, 4.69) is 10.1 Å². The largest absolute Gasteiger partial charge is 0.337 e. The number of aromatic nitrogens is 2. The van der Waals surface area contributed by atoms with Gasteiger partial charge in [-0.15, -0.1) is 0 Å². The van der Waals surface area contributed by atoms with Gasteiger partial charge in [0.2, 0.25) is 11.7 Å². The fourth-order valence-electron chi connectivity index (χ4n) is 2.32. The summed E-state index contributed by atoms with van der Waals surface area (Å²) in [7, 11) is 1.52. The highest BCUT2D eigenvalue weighted by Crippen LogP contribution is 2.26. The molecule has 3 rings (SSSR count). The van der Waals surface area contributed by atoms with Gasteiger partial charge in [0.05, 0.1) is 11.5 Å². The highest BCUT2D eigenvalue weighted by Gasteiger charge is 2.20. The predicted molar refractivity (Wildman–Crippen MR) is 98.6 cm³/mol. The molecule has 0 aliphatic rings. The molecule has 0 saturated carbocycles. The van der Waals surface area contributed by atoms with E-state index in [0.29, 0.717) is 10.8 Å². The minimum atomic E-state index is -0.643. The van der Waals surface area contributed by atoms with Gasteiger partial charge in [0, 0.05) is 29.3 Å². The third kappa shape index (κ3) is 4.24. The fourth-order valence-corrected chi connectivity index (χ4v) is 2.63. The lowest BCUT2D eigenvalue weighted by Gasteiger charge is -2.14. The van der Waals surface area contributed by atoms with Crippen LogP contribution in [0.2, 0.25) is 10.0 Å². The summed E-state index contributed by atoms with van der Waals surface area (Å²) in [5.41, 5.74) is 0.515. The van der Waals surface area contributed by atoms with E-state index in [-0.39, 0.29) is 28.7 Å². The third-order valence-corrected chi connectivity index (χ3v) is 4.25. The molecule has 0 aliphatic carbocycles. The Labute approximate surface area is 163 Å². The van der Waals surface area contributed by atoms with Gasteiger partial charge in [0.25, 0.3) is 11.6 Å². The van der Waals surface area contributed by atoms with Crippen LogP contribution in [0.25, 0.3) is 11.4 Å². The third-order valence-electron chi connectivity index (χ3n) is 3.68. The Kier molecular flexibility index (Phi) is 5.38. The van der Waals surface area contributed by atoms with Crippen LogP contribution in [-0.4, -0.2) is 32.9 Å². The summed E-state index contributed by atoms with van der Waals surface area (Å²) < 4.78 is 5.17. The molecule has 0 aliphatic heterocycles. The molecule has 0 N–H and O–H groups in total. The lowest BCUT2D eigenvalue weighted by molar-refractivity contribution is -0.384. The minimum absolute atomic E-state index is 0.0375. The zero-order valence-corrected chi connectivity index (χ0v) is 15.4. The molecule has 0 saturated heterocycles. The van der Waals surface area contributed by atoms with Crippen LogP contribution in [0.5, 0.6) is 0 Å². The molecule has 8 nitrogen and oxygen atoms in total. The first-order valence-corrected chi connectivity index (χ1v) is 8.38. The van der Waals surface area contributed by atoms with Gasteiger partial charge in [-0.05, 0) is 36.4 Å². The van der Waals surface area contributed by atoms with Crippen molar-refractivity contribution in [3.63, 3.8) is 0 Å². The van der Waals surface area contributed by atoms with Crippen molar-refractivity contribution in [2.24, 2.45) is 0 Å². The summed E-state index contributed by atoms with van der Waals surface area (Å²) in [6.07, 6.45) is 0. The van der Waals surface area contributed by atoms with Gasteiger partial charge in [-0.3, -0.25) is 14.9 Å². The summed E-state index contributed by atoms with van der Waals surface area (Å²) in [5, 5.41) is 15.4. The van der Waals surface area contributed by atoms with Crippen LogP contribution in [0.4, 0.5) is 5.69 Å². The van der Waals surface area contributed by atoms with Crippen molar-refractivity contribution >= 4 is 34.8 Å². The molecule has 0 radical (unpaired) electrons. The minimum Gasteiger partial charge on any atom is -0.337 e. The number of hydrogen-bond donors (Lipinski definition) is 0. The molecular formula is C17H12Cl2N4O4. The van der Waals surface area contributed by atoms with E-state index in [1.165, 1.54) is 24.1 Å². The maximum Gasteiger partial charge on any atom is 0.288 e. The molecule has 10 heteroatoms. The molecule has 1 heterocycles. The average molecular weight is 407 g/mol. The number of amides is 1. The van der Waals surface area contributed by atoms with Gasteiger partial charge in [0.1, 0.15) is 5.02 Å². The van der Waals surface area contributed by atoms with Gasteiger partial charge >= 0.3 is 0 Å². The van der Waals surface area contributed by atoms with Crippen molar-refractivity contribution in [3.8, 4) is 11.4 Å². The smallest absolute Gasteiger partial charge is 0.288 e. The number of halogens is 2. The first kappa shape index (κ1) is 18.8. The number of carbonyl (C=O) groups excluding carboxylic acids is 1. The summed E-state index contributed by atoms with van der Waals surface area (Å²) in [6, 6.07) is 10.8. The average Bonchev–Trinajstić information content (AvgIpc) is 3.10. The molecule has 3 aromatic rings. The van der Waals surface area contributed by atoms with Crippen molar-refractivity contribution in [3.05, 3.63) is 74.1 Å². The number of nitro benzene ring substituents is 1. The van der Waals surface area contributed by atoms with Crippen molar-refractivity contribution in [1.29, 1.82) is 0 Å². The SMILES string of the molecule is CN(Cc1nc(-c2ccc(Cl)cc2)no1)C(=O)c1ccc(Cl)c([N+](=O)[O-])c1. The van der Waals surface area contributed by atoms with Gasteiger partial charge in [-0.1, -0.05) is 28.4 Å². The first-order valence-electron chi connectivity index (χ1n) is 7.63. The monoisotopic (exact) mass is 406 g/mol. The van der Waals surface area contributed by atoms with Crippen molar-refractivity contribution < 1.29 is 14.2 Å². The van der Waals surface area contributed by atoms with Gasteiger partial charge < -0.3 is 9.42 Å². The Hall–Kier alpha value is -2.97. The fraction of sp³-hybridized carbons (Fsp3) is 0.118. The molecular weight excluding hydrogens is 395 g/mol. The van der Waals surface area contributed by atoms with Gasteiger partial charge in [0.15, 0.2) is 0 Å². The Balaban J connectivity index is 1.75. The molecule has 1 aromatic heterocycles. The molecule has 1 amide bonds. The molecule has 0 bridgehead atoms. The number of benzene rings is 2. The maximum atomic E-state index is 12.5. The number of rotatable bonds is 5. The maximum absolute atomic E-state index is 12.5. The van der Waals surface area contributed by atoms with Crippen LogP contribution in [-0.2, 0) is 6.54 Å². The molecule has 138 valence electrons.